The van der Waals surface area contributed by atoms with Gasteiger partial charge in [0.25, 0.3) is 5.91 Å². The van der Waals surface area contributed by atoms with Crippen molar-refractivity contribution in [2.75, 3.05) is 18.6 Å². The maximum atomic E-state index is 13.5. The SMILES string of the molecule is CCc1cccc2sc(N(CCCn3ccnc3)C(=O)c3cccc(OC)c3)nc12. The van der Waals surface area contributed by atoms with E-state index in [0.29, 0.717) is 17.9 Å². The number of hydrogen-bond donors (Lipinski definition) is 0. The number of ether oxygens (including phenoxy) is 1. The third-order valence-electron chi connectivity index (χ3n) is 5.02. The van der Waals surface area contributed by atoms with Gasteiger partial charge in [-0.3, -0.25) is 9.69 Å². The number of benzene rings is 2. The van der Waals surface area contributed by atoms with Crippen molar-refractivity contribution in [3.05, 3.63) is 72.3 Å². The zero-order valence-electron chi connectivity index (χ0n) is 17.1. The first-order chi connectivity index (χ1) is 14.7. The number of aromatic nitrogens is 3. The molecule has 1 amide bonds. The quantitative estimate of drug-likeness (QED) is 0.411. The van der Waals surface area contributed by atoms with Gasteiger partial charge in [0, 0.05) is 31.0 Å². The second-order valence-corrected chi connectivity index (χ2v) is 7.97. The molecule has 6 nitrogen and oxygen atoms in total. The summed E-state index contributed by atoms with van der Waals surface area (Å²) in [5, 5.41) is 0.726. The number of rotatable bonds is 8. The van der Waals surface area contributed by atoms with Crippen LogP contribution in [0.3, 0.4) is 0 Å². The molecule has 0 aliphatic carbocycles. The van der Waals surface area contributed by atoms with Crippen molar-refractivity contribution in [1.82, 2.24) is 14.5 Å². The lowest BCUT2D eigenvalue weighted by molar-refractivity contribution is 0.0986. The summed E-state index contributed by atoms with van der Waals surface area (Å²) < 4.78 is 8.42. The summed E-state index contributed by atoms with van der Waals surface area (Å²) in [6.45, 7) is 3.47. The fraction of sp³-hybridized carbons (Fsp3) is 0.261. The molecule has 7 heteroatoms. The number of para-hydroxylation sites is 1. The number of nitrogens with zero attached hydrogens (tertiary/aromatic N) is 4. The van der Waals surface area contributed by atoms with Crippen molar-refractivity contribution in [3.63, 3.8) is 0 Å². The lowest BCUT2D eigenvalue weighted by Gasteiger charge is -2.20. The highest BCUT2D eigenvalue weighted by atomic mass is 32.1. The molecule has 0 saturated carbocycles. The maximum Gasteiger partial charge on any atom is 0.260 e. The molecule has 0 spiro atoms. The predicted molar refractivity (Wildman–Crippen MR) is 121 cm³/mol. The molecular weight excluding hydrogens is 396 g/mol. The van der Waals surface area contributed by atoms with E-state index in [1.807, 2.05) is 29.0 Å². The van der Waals surface area contributed by atoms with Gasteiger partial charge in [0.2, 0.25) is 0 Å². The molecule has 2 heterocycles. The fourth-order valence-corrected chi connectivity index (χ4v) is 4.46. The summed E-state index contributed by atoms with van der Waals surface area (Å²) in [5.74, 6) is 0.591. The highest BCUT2D eigenvalue weighted by Gasteiger charge is 2.22. The van der Waals surface area contributed by atoms with E-state index in [-0.39, 0.29) is 5.91 Å². The van der Waals surface area contributed by atoms with E-state index in [2.05, 4.69) is 30.1 Å². The molecule has 30 heavy (non-hydrogen) atoms. The van der Waals surface area contributed by atoms with Crippen LogP contribution < -0.4 is 9.64 Å². The molecule has 0 radical (unpaired) electrons. The average Bonchev–Trinajstić information content (AvgIpc) is 3.45. The zero-order chi connectivity index (χ0) is 20.9. The highest BCUT2D eigenvalue weighted by Crippen LogP contribution is 2.32. The molecule has 0 aliphatic rings. The Bertz CT molecular complexity index is 1140. The first kappa shape index (κ1) is 20.1. The third kappa shape index (κ3) is 4.21. The van der Waals surface area contributed by atoms with E-state index in [9.17, 15) is 4.79 Å². The van der Waals surface area contributed by atoms with Crippen LogP contribution >= 0.6 is 11.3 Å². The minimum absolute atomic E-state index is 0.0726. The molecule has 4 aromatic rings. The van der Waals surface area contributed by atoms with E-state index in [1.54, 1.807) is 41.9 Å². The monoisotopic (exact) mass is 420 g/mol. The Balaban J connectivity index is 1.66. The van der Waals surface area contributed by atoms with Crippen LogP contribution in [0, 0.1) is 0 Å². The van der Waals surface area contributed by atoms with Crippen LogP contribution in [0.5, 0.6) is 5.75 Å². The number of methoxy groups -OCH3 is 1. The van der Waals surface area contributed by atoms with E-state index in [4.69, 9.17) is 9.72 Å². The number of hydrogen-bond acceptors (Lipinski definition) is 5. The van der Waals surface area contributed by atoms with Gasteiger partial charge in [-0.2, -0.15) is 0 Å². The molecular formula is C23H24N4O2S. The lowest BCUT2D eigenvalue weighted by Crippen LogP contribution is -2.32. The molecule has 0 bridgehead atoms. The molecule has 0 saturated heterocycles. The van der Waals surface area contributed by atoms with Crippen LogP contribution in [0.4, 0.5) is 5.13 Å². The molecule has 0 unspecified atom stereocenters. The van der Waals surface area contributed by atoms with Gasteiger partial charge in [-0.15, -0.1) is 0 Å². The Morgan fingerprint density at radius 3 is 2.87 bits per heavy atom. The summed E-state index contributed by atoms with van der Waals surface area (Å²) in [4.78, 5) is 24.2. The van der Waals surface area contributed by atoms with Crippen molar-refractivity contribution < 1.29 is 9.53 Å². The average molecular weight is 421 g/mol. The van der Waals surface area contributed by atoms with Crippen molar-refractivity contribution in [2.45, 2.75) is 26.3 Å². The van der Waals surface area contributed by atoms with Gasteiger partial charge < -0.3 is 9.30 Å². The Labute approximate surface area is 179 Å². The number of aryl methyl sites for hydroxylation is 2. The van der Waals surface area contributed by atoms with Crippen molar-refractivity contribution >= 4 is 32.6 Å². The number of imidazole rings is 1. The lowest BCUT2D eigenvalue weighted by atomic mass is 10.1. The Morgan fingerprint density at radius 2 is 2.10 bits per heavy atom. The van der Waals surface area contributed by atoms with Gasteiger partial charge in [0.05, 0.1) is 23.7 Å². The first-order valence-electron chi connectivity index (χ1n) is 9.99. The third-order valence-corrected chi connectivity index (χ3v) is 6.07. The number of thiazole rings is 1. The van der Waals surface area contributed by atoms with Crippen LogP contribution in [-0.4, -0.2) is 34.1 Å². The molecule has 2 aromatic heterocycles. The first-order valence-corrected chi connectivity index (χ1v) is 10.8. The second-order valence-electron chi connectivity index (χ2n) is 6.96. The van der Waals surface area contributed by atoms with Crippen LogP contribution in [-0.2, 0) is 13.0 Å². The van der Waals surface area contributed by atoms with Gasteiger partial charge in [-0.1, -0.05) is 36.5 Å². The number of amides is 1. The Hall–Kier alpha value is -3.19. The smallest absolute Gasteiger partial charge is 0.260 e. The van der Waals surface area contributed by atoms with E-state index in [1.165, 1.54) is 5.56 Å². The molecule has 4 rings (SSSR count). The van der Waals surface area contributed by atoms with E-state index >= 15 is 0 Å². The highest BCUT2D eigenvalue weighted by molar-refractivity contribution is 7.22. The summed E-state index contributed by atoms with van der Waals surface area (Å²) in [6, 6.07) is 13.5. The number of carbonyl (C=O) groups is 1. The Morgan fingerprint density at radius 1 is 1.23 bits per heavy atom. The van der Waals surface area contributed by atoms with E-state index in [0.717, 1.165) is 34.7 Å². The minimum Gasteiger partial charge on any atom is -0.497 e. The van der Waals surface area contributed by atoms with E-state index < -0.39 is 0 Å². The largest absolute Gasteiger partial charge is 0.497 e. The van der Waals surface area contributed by atoms with Crippen molar-refractivity contribution in [3.8, 4) is 5.75 Å². The molecule has 154 valence electrons. The van der Waals surface area contributed by atoms with Gasteiger partial charge >= 0.3 is 0 Å². The summed E-state index contributed by atoms with van der Waals surface area (Å²) >= 11 is 1.56. The zero-order valence-corrected chi connectivity index (χ0v) is 17.9. The number of fused-ring (bicyclic) bond motifs is 1. The number of anilines is 1. The van der Waals surface area contributed by atoms with Crippen molar-refractivity contribution in [1.29, 1.82) is 0 Å². The van der Waals surface area contributed by atoms with Crippen LogP contribution in [0.15, 0.2) is 61.2 Å². The molecule has 0 atom stereocenters. The van der Waals surface area contributed by atoms with Gasteiger partial charge in [0.15, 0.2) is 5.13 Å². The van der Waals surface area contributed by atoms with Crippen molar-refractivity contribution in [2.24, 2.45) is 0 Å². The Kier molecular flexibility index (Phi) is 6.09. The normalized spacial score (nSPS) is 11.0. The summed E-state index contributed by atoms with van der Waals surface area (Å²) in [7, 11) is 1.60. The predicted octanol–water partition coefficient (Wildman–Crippen LogP) is 4.80. The molecule has 0 N–H and O–H groups in total. The number of carbonyl (C=O) groups excluding carboxylic acids is 1. The van der Waals surface area contributed by atoms with Gasteiger partial charge in [0.1, 0.15) is 5.75 Å². The summed E-state index contributed by atoms with van der Waals surface area (Å²) in [5.41, 5.74) is 2.77. The minimum atomic E-state index is -0.0726. The second kappa shape index (κ2) is 9.09. The standard InChI is InChI=1S/C23H24N4O2S/c1-3-17-7-5-10-20-21(17)25-23(30-20)27(13-6-12-26-14-11-24-16-26)22(28)18-8-4-9-19(15-18)29-2/h4-5,7-11,14-16H,3,6,12-13H2,1-2H3. The fourth-order valence-electron chi connectivity index (χ4n) is 3.42. The van der Waals surface area contributed by atoms with Crippen LogP contribution in [0.1, 0.15) is 29.3 Å². The topological polar surface area (TPSA) is 60.2 Å². The molecule has 0 aliphatic heterocycles. The molecule has 0 fully saturated rings. The van der Waals surface area contributed by atoms with Gasteiger partial charge in [-0.25, -0.2) is 9.97 Å². The van der Waals surface area contributed by atoms with Gasteiger partial charge in [-0.05, 0) is 42.7 Å². The van der Waals surface area contributed by atoms with Crippen LogP contribution in [0.2, 0.25) is 0 Å². The molecule has 2 aromatic carbocycles. The maximum absolute atomic E-state index is 13.5. The summed E-state index contributed by atoms with van der Waals surface area (Å²) in [6.07, 6.45) is 7.19. The van der Waals surface area contributed by atoms with Crippen LogP contribution in [0.25, 0.3) is 10.2 Å².